The summed E-state index contributed by atoms with van der Waals surface area (Å²) in [4.78, 5) is 12.2. The zero-order valence-corrected chi connectivity index (χ0v) is 11.5. The van der Waals surface area contributed by atoms with Gasteiger partial charge in [0.15, 0.2) is 11.5 Å². The Morgan fingerprint density at radius 1 is 0.955 bits per heavy atom. The Balaban J connectivity index is 1.92. The highest BCUT2D eigenvalue weighted by atomic mass is 16.3. The van der Waals surface area contributed by atoms with Gasteiger partial charge in [-0.25, -0.2) is 0 Å². The number of phenols is 3. The lowest BCUT2D eigenvalue weighted by Crippen LogP contribution is -2.04. The molecule has 0 atom stereocenters. The van der Waals surface area contributed by atoms with Gasteiger partial charge in [-0.1, -0.05) is 12.1 Å². The summed E-state index contributed by atoms with van der Waals surface area (Å²) >= 11 is 0. The fraction of sp³-hybridized carbons (Fsp3) is 0. The highest BCUT2D eigenvalue weighted by molar-refractivity contribution is 6.01. The third-order valence-electron chi connectivity index (χ3n) is 3.34. The maximum absolute atomic E-state index is 12.2. The van der Waals surface area contributed by atoms with Gasteiger partial charge in [0.25, 0.3) is 5.91 Å². The largest absolute Gasteiger partial charge is 0.508 e. The Hall–Kier alpha value is -3.21. The van der Waals surface area contributed by atoms with Gasteiger partial charge in [-0.15, -0.1) is 0 Å². The minimum Gasteiger partial charge on any atom is -0.508 e. The van der Waals surface area contributed by atoms with E-state index in [1.165, 1.54) is 34.9 Å². The predicted molar refractivity (Wildman–Crippen MR) is 83.0 cm³/mol. The van der Waals surface area contributed by atoms with E-state index in [0.717, 1.165) is 5.56 Å². The molecule has 1 heterocycles. The Bertz CT molecular complexity index is 876. The summed E-state index contributed by atoms with van der Waals surface area (Å²) in [6.45, 7) is 0. The summed E-state index contributed by atoms with van der Waals surface area (Å²) < 4.78 is 1.38. The standard InChI is InChI=1S/C17H13NO4/c19-13-4-1-11(2-5-13)3-6-17(22)18-8-7-12-9-15(20)16(21)10-14(12)18/h1-10,19-21H/b6-3+. The number of rotatable bonds is 2. The second kappa shape index (κ2) is 5.29. The molecule has 0 aliphatic heterocycles. The van der Waals surface area contributed by atoms with Crippen molar-refractivity contribution in [1.29, 1.82) is 0 Å². The van der Waals surface area contributed by atoms with Crippen LogP contribution < -0.4 is 0 Å². The molecule has 110 valence electrons. The molecule has 3 aromatic rings. The van der Waals surface area contributed by atoms with Crippen molar-refractivity contribution in [2.24, 2.45) is 0 Å². The average Bonchev–Trinajstić information content (AvgIpc) is 2.90. The Morgan fingerprint density at radius 2 is 1.64 bits per heavy atom. The summed E-state index contributed by atoms with van der Waals surface area (Å²) in [5.74, 6) is -0.622. The molecule has 0 amide bonds. The summed E-state index contributed by atoms with van der Waals surface area (Å²) in [5.41, 5.74) is 1.29. The highest BCUT2D eigenvalue weighted by Gasteiger charge is 2.09. The molecule has 0 spiro atoms. The number of aromatic nitrogens is 1. The van der Waals surface area contributed by atoms with Gasteiger partial charge in [-0.05, 0) is 35.9 Å². The van der Waals surface area contributed by atoms with Crippen molar-refractivity contribution in [3.63, 3.8) is 0 Å². The number of hydrogen-bond donors (Lipinski definition) is 3. The van der Waals surface area contributed by atoms with E-state index in [0.29, 0.717) is 10.9 Å². The molecule has 0 aliphatic rings. The molecule has 0 radical (unpaired) electrons. The first-order valence-corrected chi connectivity index (χ1v) is 6.59. The van der Waals surface area contributed by atoms with E-state index in [9.17, 15) is 20.1 Å². The van der Waals surface area contributed by atoms with E-state index in [1.807, 2.05) is 0 Å². The van der Waals surface area contributed by atoms with Gasteiger partial charge >= 0.3 is 0 Å². The molecule has 1 aromatic heterocycles. The van der Waals surface area contributed by atoms with E-state index in [2.05, 4.69) is 0 Å². The molecule has 0 bridgehead atoms. The highest BCUT2D eigenvalue weighted by Crippen LogP contribution is 2.30. The number of benzene rings is 2. The van der Waals surface area contributed by atoms with Gasteiger partial charge in [-0.2, -0.15) is 0 Å². The molecule has 5 nitrogen and oxygen atoms in total. The molecule has 0 unspecified atom stereocenters. The molecule has 0 saturated heterocycles. The van der Waals surface area contributed by atoms with Crippen LogP contribution in [-0.4, -0.2) is 25.8 Å². The third kappa shape index (κ3) is 2.52. The van der Waals surface area contributed by atoms with Crippen molar-refractivity contribution in [2.75, 3.05) is 0 Å². The van der Waals surface area contributed by atoms with E-state index >= 15 is 0 Å². The molecule has 2 aromatic carbocycles. The van der Waals surface area contributed by atoms with E-state index in [4.69, 9.17) is 0 Å². The molecule has 5 heteroatoms. The first-order valence-electron chi connectivity index (χ1n) is 6.59. The van der Waals surface area contributed by atoms with Gasteiger partial charge in [-0.3, -0.25) is 9.36 Å². The minimum atomic E-state index is -0.284. The molecule has 0 aliphatic carbocycles. The van der Waals surface area contributed by atoms with Crippen molar-refractivity contribution >= 4 is 22.9 Å². The van der Waals surface area contributed by atoms with Crippen molar-refractivity contribution in [2.45, 2.75) is 0 Å². The van der Waals surface area contributed by atoms with Crippen molar-refractivity contribution < 1.29 is 20.1 Å². The molecule has 22 heavy (non-hydrogen) atoms. The monoisotopic (exact) mass is 295 g/mol. The average molecular weight is 295 g/mol. The first-order chi connectivity index (χ1) is 10.5. The molecule has 3 rings (SSSR count). The van der Waals surface area contributed by atoms with Crippen LogP contribution in [0.15, 0.2) is 54.7 Å². The third-order valence-corrected chi connectivity index (χ3v) is 3.34. The zero-order chi connectivity index (χ0) is 15.7. The minimum absolute atomic E-state index is 0.162. The number of fused-ring (bicyclic) bond motifs is 1. The predicted octanol–water partition coefficient (Wildman–Crippen LogP) is 3.11. The van der Waals surface area contributed by atoms with Crippen LogP contribution in [0.2, 0.25) is 0 Å². The summed E-state index contributed by atoms with van der Waals surface area (Å²) in [7, 11) is 0. The summed E-state index contributed by atoms with van der Waals surface area (Å²) in [5, 5.41) is 28.9. The Morgan fingerprint density at radius 3 is 2.36 bits per heavy atom. The SMILES string of the molecule is O=C(/C=C/c1ccc(O)cc1)n1ccc2cc(O)c(O)cc21. The van der Waals surface area contributed by atoms with Crippen LogP contribution in [0.4, 0.5) is 0 Å². The lowest BCUT2D eigenvalue weighted by atomic mass is 10.2. The van der Waals surface area contributed by atoms with Crippen LogP contribution >= 0.6 is 0 Å². The summed E-state index contributed by atoms with van der Waals surface area (Å²) in [6.07, 6.45) is 4.61. The van der Waals surface area contributed by atoms with Crippen LogP contribution in [0.3, 0.4) is 0 Å². The van der Waals surface area contributed by atoms with Crippen molar-refractivity contribution in [3.05, 3.63) is 60.3 Å². The molecule has 0 fully saturated rings. The number of carbonyl (C=O) groups excluding carboxylic acids is 1. The Kier molecular flexibility index (Phi) is 3.31. The first kappa shape index (κ1) is 13.8. The van der Waals surface area contributed by atoms with Gasteiger partial charge in [0, 0.05) is 23.7 Å². The topological polar surface area (TPSA) is 82.7 Å². The smallest absolute Gasteiger partial charge is 0.255 e. The molecular formula is C17H13NO4. The van der Waals surface area contributed by atoms with Crippen molar-refractivity contribution in [1.82, 2.24) is 4.57 Å². The molecular weight excluding hydrogens is 282 g/mol. The second-order valence-electron chi connectivity index (χ2n) is 4.85. The van der Waals surface area contributed by atoms with Gasteiger partial charge in [0.2, 0.25) is 0 Å². The number of phenolic OH excluding ortho intramolecular Hbond substituents is 3. The molecule has 3 N–H and O–H groups in total. The fourth-order valence-corrected chi connectivity index (χ4v) is 2.18. The van der Waals surface area contributed by atoms with E-state index in [1.54, 1.807) is 30.5 Å². The van der Waals surface area contributed by atoms with Crippen LogP contribution in [0.25, 0.3) is 17.0 Å². The van der Waals surface area contributed by atoms with E-state index in [-0.39, 0.29) is 23.2 Å². The van der Waals surface area contributed by atoms with Crippen LogP contribution in [0.1, 0.15) is 10.4 Å². The van der Waals surface area contributed by atoms with Crippen LogP contribution in [0.5, 0.6) is 17.2 Å². The zero-order valence-electron chi connectivity index (χ0n) is 11.5. The van der Waals surface area contributed by atoms with Gasteiger partial charge in [0.05, 0.1) is 5.52 Å². The number of aromatic hydroxyl groups is 3. The van der Waals surface area contributed by atoms with Gasteiger partial charge in [0.1, 0.15) is 5.75 Å². The number of nitrogens with zero attached hydrogens (tertiary/aromatic N) is 1. The quantitative estimate of drug-likeness (QED) is 0.501. The number of hydrogen-bond acceptors (Lipinski definition) is 4. The molecule has 0 saturated carbocycles. The number of allylic oxidation sites excluding steroid dienone is 1. The number of carbonyl (C=O) groups is 1. The van der Waals surface area contributed by atoms with Crippen LogP contribution in [-0.2, 0) is 0 Å². The lowest BCUT2D eigenvalue weighted by molar-refractivity contribution is 0.0975. The second-order valence-corrected chi connectivity index (χ2v) is 4.85. The lowest BCUT2D eigenvalue weighted by Gasteiger charge is -2.02. The van der Waals surface area contributed by atoms with Crippen molar-refractivity contribution in [3.8, 4) is 17.2 Å². The maximum atomic E-state index is 12.2. The fourth-order valence-electron chi connectivity index (χ4n) is 2.18. The summed E-state index contributed by atoms with van der Waals surface area (Å²) in [6, 6.07) is 10.9. The van der Waals surface area contributed by atoms with Crippen LogP contribution in [0, 0.1) is 0 Å². The maximum Gasteiger partial charge on any atom is 0.255 e. The Labute approximate surface area is 126 Å². The van der Waals surface area contributed by atoms with Gasteiger partial charge < -0.3 is 15.3 Å². The normalized spacial score (nSPS) is 11.3. The van der Waals surface area contributed by atoms with E-state index < -0.39 is 0 Å².